The molecule has 0 amide bonds. The molecule has 6 heteroatoms. The van der Waals surface area contributed by atoms with Crippen LogP contribution in [0.4, 0.5) is 0 Å². The van der Waals surface area contributed by atoms with E-state index in [1.54, 1.807) is 0 Å². The number of nitrogens with zero attached hydrogens (tertiary/aromatic N) is 3. The summed E-state index contributed by atoms with van der Waals surface area (Å²) in [7, 11) is 4.40. The topological polar surface area (TPSA) is 37.8 Å². The minimum absolute atomic E-state index is 0.264. The maximum absolute atomic E-state index is 6.12. The zero-order valence-corrected chi connectivity index (χ0v) is 17.4. The third-order valence-electron chi connectivity index (χ3n) is 5.92. The first kappa shape index (κ1) is 18.7. The predicted octanol–water partition coefficient (Wildman–Crippen LogP) is 4.42. The fourth-order valence-corrected chi connectivity index (χ4v) is 4.38. The number of hydrogen-bond donors (Lipinski definition) is 0. The molecule has 1 aromatic heterocycles. The van der Waals surface area contributed by atoms with Crippen molar-refractivity contribution in [3.05, 3.63) is 53.1 Å². The molecule has 0 aliphatic carbocycles. The van der Waals surface area contributed by atoms with Gasteiger partial charge in [-0.3, -0.25) is 4.90 Å². The highest BCUT2D eigenvalue weighted by molar-refractivity contribution is 6.30. The first-order valence-corrected chi connectivity index (χ1v) is 10.3. The van der Waals surface area contributed by atoms with E-state index in [9.17, 15) is 0 Å². The lowest BCUT2D eigenvalue weighted by Gasteiger charge is -2.25. The van der Waals surface area contributed by atoms with E-state index in [2.05, 4.69) is 30.0 Å². The molecule has 5 rings (SSSR count). The molecule has 0 spiro atoms. The monoisotopic (exact) mass is 409 g/mol. The average Bonchev–Trinajstić information content (AvgIpc) is 3.35. The van der Waals surface area contributed by atoms with Crippen molar-refractivity contribution in [3.8, 4) is 22.8 Å². The van der Waals surface area contributed by atoms with Crippen molar-refractivity contribution in [2.24, 2.45) is 0 Å². The third-order valence-corrected chi connectivity index (χ3v) is 6.17. The van der Waals surface area contributed by atoms with Gasteiger partial charge in [0.2, 0.25) is 6.79 Å². The molecule has 1 saturated heterocycles. The lowest BCUT2D eigenvalue weighted by Crippen LogP contribution is -2.33. The molecular formula is C23H24ClN3O2. The van der Waals surface area contributed by atoms with E-state index in [-0.39, 0.29) is 6.79 Å². The molecule has 29 heavy (non-hydrogen) atoms. The number of pyridine rings is 1. The van der Waals surface area contributed by atoms with Gasteiger partial charge in [0.1, 0.15) is 0 Å². The highest BCUT2D eigenvalue weighted by Crippen LogP contribution is 2.37. The number of aromatic nitrogens is 1. The second-order valence-electron chi connectivity index (χ2n) is 8.02. The molecule has 5 nitrogen and oxygen atoms in total. The summed E-state index contributed by atoms with van der Waals surface area (Å²) in [6.07, 6.45) is 1.20. The summed E-state index contributed by atoms with van der Waals surface area (Å²) in [6, 6.07) is 14.7. The van der Waals surface area contributed by atoms with Gasteiger partial charge in [0.05, 0.1) is 11.2 Å². The van der Waals surface area contributed by atoms with Gasteiger partial charge < -0.3 is 14.4 Å². The van der Waals surface area contributed by atoms with Crippen LogP contribution >= 0.6 is 11.6 Å². The van der Waals surface area contributed by atoms with Crippen LogP contribution in [0.25, 0.3) is 22.2 Å². The highest BCUT2D eigenvalue weighted by atomic mass is 35.5. The second kappa shape index (κ2) is 7.48. The number of rotatable bonds is 4. The smallest absolute Gasteiger partial charge is 0.231 e. The quantitative estimate of drug-likeness (QED) is 0.637. The van der Waals surface area contributed by atoms with Crippen LogP contribution in [-0.2, 0) is 6.54 Å². The number of benzene rings is 2. The highest BCUT2D eigenvalue weighted by Gasteiger charge is 2.24. The van der Waals surface area contributed by atoms with Gasteiger partial charge in [0, 0.05) is 41.2 Å². The molecule has 2 aliphatic heterocycles. The zero-order chi connectivity index (χ0) is 20.0. The number of ether oxygens (including phenoxy) is 2. The normalized spacial score (nSPS) is 18.8. The molecule has 0 unspecified atom stereocenters. The van der Waals surface area contributed by atoms with E-state index in [0.29, 0.717) is 6.04 Å². The Balaban J connectivity index is 1.58. The molecular weight excluding hydrogens is 386 g/mol. The van der Waals surface area contributed by atoms with Crippen molar-refractivity contribution in [1.29, 1.82) is 0 Å². The Bertz CT molecular complexity index is 1050. The SMILES string of the molecule is CN1CC[C@H](N(C)Cc2cc3cc4c(cc3nc2-c2ccc(Cl)cc2)OCO4)C1. The van der Waals surface area contributed by atoms with E-state index in [1.165, 1.54) is 12.0 Å². The maximum atomic E-state index is 6.12. The first-order valence-electron chi connectivity index (χ1n) is 9.95. The van der Waals surface area contributed by atoms with Crippen molar-refractivity contribution in [2.75, 3.05) is 34.0 Å². The minimum Gasteiger partial charge on any atom is -0.454 e. The van der Waals surface area contributed by atoms with Gasteiger partial charge in [-0.1, -0.05) is 23.7 Å². The van der Waals surface area contributed by atoms with E-state index in [4.69, 9.17) is 26.1 Å². The summed E-state index contributed by atoms with van der Waals surface area (Å²) in [6.45, 7) is 3.36. The number of hydrogen-bond acceptors (Lipinski definition) is 5. The second-order valence-corrected chi connectivity index (χ2v) is 8.46. The molecule has 1 fully saturated rings. The Hall–Kier alpha value is -2.34. The number of fused-ring (bicyclic) bond motifs is 2. The fourth-order valence-electron chi connectivity index (χ4n) is 4.26. The van der Waals surface area contributed by atoms with Crippen LogP contribution in [0.1, 0.15) is 12.0 Å². The van der Waals surface area contributed by atoms with Crippen LogP contribution in [0.3, 0.4) is 0 Å². The van der Waals surface area contributed by atoms with Crippen LogP contribution in [0.2, 0.25) is 5.02 Å². The summed E-state index contributed by atoms with van der Waals surface area (Å²) in [5.41, 5.74) is 4.18. The molecule has 1 atom stereocenters. The van der Waals surface area contributed by atoms with Crippen LogP contribution in [0.5, 0.6) is 11.5 Å². The van der Waals surface area contributed by atoms with Crippen molar-refractivity contribution in [2.45, 2.75) is 19.0 Å². The molecule has 2 aliphatic rings. The van der Waals surface area contributed by atoms with E-state index >= 15 is 0 Å². The largest absolute Gasteiger partial charge is 0.454 e. The summed E-state index contributed by atoms with van der Waals surface area (Å²) in [5, 5.41) is 1.80. The molecule has 2 aromatic carbocycles. The molecule has 3 heterocycles. The lowest BCUT2D eigenvalue weighted by atomic mass is 10.0. The Kier molecular flexibility index (Phi) is 4.82. The van der Waals surface area contributed by atoms with Crippen LogP contribution < -0.4 is 9.47 Å². The zero-order valence-electron chi connectivity index (χ0n) is 16.7. The van der Waals surface area contributed by atoms with Gasteiger partial charge in [-0.25, -0.2) is 4.98 Å². The van der Waals surface area contributed by atoms with Crippen molar-refractivity contribution < 1.29 is 9.47 Å². The Labute approximate surface area is 175 Å². The Morgan fingerprint density at radius 3 is 2.62 bits per heavy atom. The van der Waals surface area contributed by atoms with E-state index in [0.717, 1.165) is 58.3 Å². The van der Waals surface area contributed by atoms with Gasteiger partial charge in [0.25, 0.3) is 0 Å². The van der Waals surface area contributed by atoms with E-state index < -0.39 is 0 Å². The molecule has 150 valence electrons. The molecule has 3 aromatic rings. The summed E-state index contributed by atoms with van der Waals surface area (Å²) in [4.78, 5) is 9.86. The van der Waals surface area contributed by atoms with Gasteiger partial charge in [0.15, 0.2) is 11.5 Å². The predicted molar refractivity (Wildman–Crippen MR) is 116 cm³/mol. The van der Waals surface area contributed by atoms with Gasteiger partial charge in [-0.2, -0.15) is 0 Å². The average molecular weight is 410 g/mol. The third kappa shape index (κ3) is 3.66. The number of halogens is 1. The molecule has 0 N–H and O–H groups in total. The van der Waals surface area contributed by atoms with Gasteiger partial charge in [-0.15, -0.1) is 0 Å². The summed E-state index contributed by atoms with van der Waals surface area (Å²) >= 11 is 6.12. The standard InChI is InChI=1S/C23H24ClN3O2/c1-26-8-7-19(13-26)27(2)12-17-9-16-10-21-22(29-14-28-21)11-20(16)25-23(17)15-3-5-18(24)6-4-15/h3-6,9-11,19H,7-8,12-14H2,1-2H3/t19-/m0/s1. The lowest BCUT2D eigenvalue weighted by molar-refractivity contribution is 0.174. The molecule has 0 bridgehead atoms. The van der Waals surface area contributed by atoms with Gasteiger partial charge >= 0.3 is 0 Å². The molecule has 0 radical (unpaired) electrons. The Morgan fingerprint density at radius 2 is 1.90 bits per heavy atom. The minimum atomic E-state index is 0.264. The van der Waals surface area contributed by atoms with Crippen molar-refractivity contribution in [3.63, 3.8) is 0 Å². The number of likely N-dealkylation sites (N-methyl/N-ethyl adjacent to an activating group) is 2. The van der Waals surface area contributed by atoms with Crippen LogP contribution in [0, 0.1) is 0 Å². The van der Waals surface area contributed by atoms with Gasteiger partial charge in [-0.05, 0) is 56.9 Å². The molecule has 0 saturated carbocycles. The Morgan fingerprint density at radius 1 is 1.14 bits per heavy atom. The van der Waals surface area contributed by atoms with Crippen molar-refractivity contribution >= 4 is 22.5 Å². The van der Waals surface area contributed by atoms with Crippen molar-refractivity contribution in [1.82, 2.24) is 14.8 Å². The maximum Gasteiger partial charge on any atom is 0.231 e. The van der Waals surface area contributed by atoms with E-state index in [1.807, 2.05) is 36.4 Å². The first-order chi connectivity index (χ1) is 14.1. The summed E-state index contributed by atoms with van der Waals surface area (Å²) in [5.74, 6) is 1.54. The van der Waals surface area contributed by atoms with Crippen LogP contribution in [-0.4, -0.2) is 54.8 Å². The summed E-state index contributed by atoms with van der Waals surface area (Å²) < 4.78 is 11.1. The fraction of sp³-hybridized carbons (Fsp3) is 0.348. The van der Waals surface area contributed by atoms with Crippen LogP contribution in [0.15, 0.2) is 42.5 Å². The number of likely N-dealkylation sites (tertiary alicyclic amines) is 1.